The molecule has 28 heavy (non-hydrogen) atoms. The first-order chi connectivity index (χ1) is 13.3. The summed E-state index contributed by atoms with van der Waals surface area (Å²) in [4.78, 5) is 2.10. The van der Waals surface area contributed by atoms with Gasteiger partial charge in [-0.3, -0.25) is 0 Å². The molecule has 0 saturated heterocycles. The molecule has 148 valence electrons. The number of allylic oxidation sites excluding steroid dienone is 1. The second-order valence-corrected chi connectivity index (χ2v) is 8.59. The van der Waals surface area contributed by atoms with Crippen molar-refractivity contribution in [3.05, 3.63) is 58.1 Å². The lowest BCUT2D eigenvalue weighted by molar-refractivity contribution is -0.401. The molecular formula is C24H30BrN2O+. The number of halogens is 1. The van der Waals surface area contributed by atoms with Crippen LogP contribution >= 0.6 is 15.9 Å². The summed E-state index contributed by atoms with van der Waals surface area (Å²) in [6.45, 7) is 7.27. The van der Waals surface area contributed by atoms with Crippen molar-refractivity contribution in [3.8, 4) is 5.75 Å². The molecule has 0 aromatic heterocycles. The van der Waals surface area contributed by atoms with E-state index < -0.39 is 0 Å². The molecule has 0 radical (unpaired) electrons. The van der Waals surface area contributed by atoms with Gasteiger partial charge in [-0.25, -0.2) is 0 Å². The highest BCUT2D eigenvalue weighted by atomic mass is 79.9. The highest BCUT2D eigenvalue weighted by molar-refractivity contribution is 9.10. The number of ether oxygens (including phenoxy) is 1. The second-order valence-electron chi connectivity index (χ2n) is 7.67. The summed E-state index contributed by atoms with van der Waals surface area (Å²) in [6, 6.07) is 13.0. The zero-order valence-electron chi connectivity index (χ0n) is 17.7. The SMILES string of the molecule is CCOc1cc(N(C)C)ccc1C=CC1=[N+](C)c2ccc(Br)cc2C1(C)CC. The number of benzene rings is 2. The zero-order valence-corrected chi connectivity index (χ0v) is 19.3. The van der Waals surface area contributed by atoms with Gasteiger partial charge in [-0.15, -0.1) is 0 Å². The first-order valence-electron chi connectivity index (χ1n) is 9.85. The van der Waals surface area contributed by atoms with Crippen LogP contribution in [0.3, 0.4) is 0 Å². The fraction of sp³-hybridized carbons (Fsp3) is 0.375. The van der Waals surface area contributed by atoms with Crippen LogP contribution in [0.15, 0.2) is 46.9 Å². The molecule has 0 amide bonds. The smallest absolute Gasteiger partial charge is 0.209 e. The summed E-state index contributed by atoms with van der Waals surface area (Å²) in [7, 11) is 6.25. The summed E-state index contributed by atoms with van der Waals surface area (Å²) in [5.41, 5.74) is 6.19. The molecule has 3 rings (SSSR count). The second kappa shape index (κ2) is 8.12. The maximum atomic E-state index is 5.92. The van der Waals surface area contributed by atoms with Gasteiger partial charge >= 0.3 is 0 Å². The van der Waals surface area contributed by atoms with Crippen LogP contribution in [-0.2, 0) is 5.41 Å². The summed E-state index contributed by atoms with van der Waals surface area (Å²) < 4.78 is 9.36. The minimum atomic E-state index is -0.0142. The average Bonchev–Trinajstić information content (AvgIpc) is 2.88. The molecule has 1 atom stereocenters. The average molecular weight is 442 g/mol. The lowest BCUT2D eigenvalue weighted by atomic mass is 9.77. The molecule has 1 unspecified atom stereocenters. The lowest BCUT2D eigenvalue weighted by Crippen LogP contribution is -2.29. The van der Waals surface area contributed by atoms with Gasteiger partial charge in [0.15, 0.2) is 5.71 Å². The molecule has 2 aromatic rings. The standard InChI is InChI=1S/C24H30BrN2O/c1-7-24(3)20-15-18(25)11-13-21(20)27(6)23(24)14-10-17-9-12-19(26(4)5)16-22(17)28-8-2/h9-16H,7-8H2,1-6H3/q+1. The van der Waals surface area contributed by atoms with Crippen molar-refractivity contribution < 1.29 is 9.31 Å². The Morgan fingerprint density at radius 2 is 1.86 bits per heavy atom. The molecule has 2 aromatic carbocycles. The van der Waals surface area contributed by atoms with Gasteiger partial charge < -0.3 is 9.64 Å². The third-order valence-electron chi connectivity index (χ3n) is 5.78. The third kappa shape index (κ3) is 3.62. The van der Waals surface area contributed by atoms with Crippen molar-refractivity contribution in [1.82, 2.24) is 0 Å². The van der Waals surface area contributed by atoms with Gasteiger partial charge in [0.2, 0.25) is 5.69 Å². The molecule has 0 aliphatic carbocycles. The van der Waals surface area contributed by atoms with Crippen molar-refractivity contribution in [2.24, 2.45) is 0 Å². The molecular weight excluding hydrogens is 412 g/mol. The maximum Gasteiger partial charge on any atom is 0.209 e. The monoisotopic (exact) mass is 441 g/mol. The first-order valence-corrected chi connectivity index (χ1v) is 10.6. The number of nitrogens with zero attached hydrogens (tertiary/aromatic N) is 2. The van der Waals surface area contributed by atoms with E-state index in [1.165, 1.54) is 17.0 Å². The molecule has 0 fully saturated rings. The van der Waals surface area contributed by atoms with Gasteiger partial charge in [-0.05, 0) is 50.6 Å². The molecule has 1 aliphatic rings. The predicted molar refractivity (Wildman–Crippen MR) is 124 cm³/mol. The van der Waals surface area contributed by atoms with Gasteiger partial charge in [0, 0.05) is 53.6 Å². The lowest BCUT2D eigenvalue weighted by Gasteiger charge is -2.20. The molecule has 0 N–H and O–H groups in total. The summed E-state index contributed by atoms with van der Waals surface area (Å²) in [5.74, 6) is 0.921. The summed E-state index contributed by atoms with van der Waals surface area (Å²) >= 11 is 3.64. The first kappa shape index (κ1) is 20.7. The van der Waals surface area contributed by atoms with Crippen molar-refractivity contribution in [2.45, 2.75) is 32.6 Å². The Morgan fingerprint density at radius 1 is 1.11 bits per heavy atom. The minimum Gasteiger partial charge on any atom is -0.493 e. The van der Waals surface area contributed by atoms with E-state index in [9.17, 15) is 0 Å². The Morgan fingerprint density at radius 3 is 2.50 bits per heavy atom. The van der Waals surface area contributed by atoms with Gasteiger partial charge in [0.25, 0.3) is 0 Å². The largest absolute Gasteiger partial charge is 0.493 e. The molecule has 1 heterocycles. The highest BCUT2D eigenvalue weighted by Crippen LogP contribution is 2.43. The van der Waals surface area contributed by atoms with Crippen LogP contribution in [0.25, 0.3) is 6.08 Å². The van der Waals surface area contributed by atoms with E-state index in [0.717, 1.165) is 27.9 Å². The molecule has 0 saturated carbocycles. The number of hydrogen-bond donors (Lipinski definition) is 0. The van der Waals surface area contributed by atoms with Crippen LogP contribution in [0.4, 0.5) is 11.4 Å². The van der Waals surface area contributed by atoms with Gasteiger partial charge in [-0.1, -0.05) is 22.9 Å². The minimum absolute atomic E-state index is 0.0142. The Labute approximate surface area is 177 Å². The molecule has 4 heteroatoms. The van der Waals surface area contributed by atoms with Crippen molar-refractivity contribution in [2.75, 3.05) is 32.6 Å². The fourth-order valence-electron chi connectivity index (χ4n) is 3.94. The predicted octanol–water partition coefficient (Wildman–Crippen LogP) is 6.02. The maximum absolute atomic E-state index is 5.92. The van der Waals surface area contributed by atoms with E-state index in [4.69, 9.17) is 4.74 Å². The quantitative estimate of drug-likeness (QED) is 0.508. The van der Waals surface area contributed by atoms with Crippen molar-refractivity contribution >= 4 is 39.1 Å². The van der Waals surface area contributed by atoms with E-state index in [-0.39, 0.29) is 5.41 Å². The van der Waals surface area contributed by atoms with Crippen LogP contribution in [0, 0.1) is 0 Å². The molecule has 0 spiro atoms. The Hall–Kier alpha value is -2.07. The number of rotatable bonds is 6. The van der Waals surface area contributed by atoms with E-state index in [0.29, 0.717) is 6.61 Å². The van der Waals surface area contributed by atoms with E-state index in [1.54, 1.807) is 0 Å². The Kier molecular flexibility index (Phi) is 5.99. The Bertz CT molecular complexity index is 946. The number of fused-ring (bicyclic) bond motifs is 1. The van der Waals surface area contributed by atoms with Gasteiger partial charge in [0.1, 0.15) is 12.8 Å². The van der Waals surface area contributed by atoms with E-state index >= 15 is 0 Å². The topological polar surface area (TPSA) is 15.5 Å². The Balaban J connectivity index is 2.04. The van der Waals surface area contributed by atoms with Gasteiger partial charge in [0.05, 0.1) is 12.0 Å². The number of anilines is 1. The molecule has 3 nitrogen and oxygen atoms in total. The number of hydrogen-bond acceptors (Lipinski definition) is 2. The summed E-state index contributed by atoms with van der Waals surface area (Å²) in [5, 5.41) is 0. The van der Waals surface area contributed by atoms with Crippen LogP contribution in [-0.4, -0.2) is 38.0 Å². The van der Waals surface area contributed by atoms with Gasteiger partial charge in [-0.2, -0.15) is 4.58 Å². The molecule has 1 aliphatic heterocycles. The fourth-order valence-corrected chi connectivity index (χ4v) is 4.30. The summed E-state index contributed by atoms with van der Waals surface area (Å²) in [6.07, 6.45) is 5.48. The highest BCUT2D eigenvalue weighted by Gasteiger charge is 2.45. The van der Waals surface area contributed by atoms with Crippen LogP contribution in [0.5, 0.6) is 5.75 Å². The van der Waals surface area contributed by atoms with Crippen LogP contribution in [0.2, 0.25) is 0 Å². The third-order valence-corrected chi connectivity index (χ3v) is 6.28. The van der Waals surface area contributed by atoms with E-state index in [1.807, 2.05) is 21.0 Å². The normalized spacial score (nSPS) is 18.7. The molecule has 0 bridgehead atoms. The van der Waals surface area contributed by atoms with Crippen molar-refractivity contribution in [1.29, 1.82) is 0 Å². The van der Waals surface area contributed by atoms with Crippen LogP contribution in [0.1, 0.15) is 38.3 Å². The van der Waals surface area contributed by atoms with E-state index in [2.05, 4.69) is 94.9 Å². The van der Waals surface area contributed by atoms with Crippen LogP contribution < -0.4 is 9.64 Å². The zero-order chi connectivity index (χ0) is 20.5. The van der Waals surface area contributed by atoms with Crippen molar-refractivity contribution in [3.63, 3.8) is 0 Å².